The number of Topliss-reactive ketones (excluding diaryl/α,β-unsaturated/α-hetero) is 1. The number of nitrogens with one attached hydrogen (secondary N) is 1. The second kappa shape index (κ2) is 9.08. The monoisotopic (exact) mass is 363 g/mol. The van der Waals surface area contributed by atoms with Crippen LogP contribution in [0.1, 0.15) is 40.5 Å². The van der Waals surface area contributed by atoms with Crippen molar-refractivity contribution in [3.63, 3.8) is 0 Å². The molecule has 0 bridgehead atoms. The Labute approximate surface area is 148 Å². The molecule has 0 aliphatic carbocycles. The highest BCUT2D eigenvalue weighted by molar-refractivity contribution is 7.08. The molecule has 0 radical (unpaired) electrons. The normalized spacial score (nSPS) is 11.6. The first-order chi connectivity index (χ1) is 12.0. The lowest BCUT2D eigenvalue weighted by molar-refractivity contribution is -0.143. The van der Waals surface area contributed by atoms with Gasteiger partial charge in [0.2, 0.25) is 0 Å². The zero-order valence-electron chi connectivity index (χ0n) is 13.7. The van der Waals surface area contributed by atoms with Gasteiger partial charge in [0.25, 0.3) is 5.91 Å². The Morgan fingerprint density at radius 1 is 1.16 bits per heavy atom. The van der Waals surface area contributed by atoms with Crippen LogP contribution < -0.4 is 5.32 Å². The molecule has 1 aromatic heterocycles. The smallest absolute Gasteiger partial charge is 0.305 e. The first kappa shape index (κ1) is 18.8. The van der Waals surface area contributed by atoms with Gasteiger partial charge in [-0.3, -0.25) is 14.4 Å². The lowest BCUT2D eigenvalue weighted by Gasteiger charge is -2.17. The quantitative estimate of drug-likeness (QED) is 0.577. The van der Waals surface area contributed by atoms with E-state index in [0.29, 0.717) is 5.56 Å². The van der Waals surface area contributed by atoms with E-state index < -0.39 is 23.7 Å². The van der Waals surface area contributed by atoms with Gasteiger partial charge in [0, 0.05) is 22.9 Å². The van der Waals surface area contributed by atoms with Gasteiger partial charge in [-0.1, -0.05) is 0 Å². The third-order valence-corrected chi connectivity index (χ3v) is 4.16. The maximum atomic E-state index is 13.0. The summed E-state index contributed by atoms with van der Waals surface area (Å²) in [6, 6.07) is 5.81. The van der Waals surface area contributed by atoms with Gasteiger partial charge in [-0.2, -0.15) is 11.3 Å². The second-order valence-corrected chi connectivity index (χ2v) is 6.03. The van der Waals surface area contributed by atoms with Crippen LogP contribution in [0.4, 0.5) is 4.39 Å². The van der Waals surface area contributed by atoms with E-state index in [1.807, 2.05) is 0 Å². The Kier molecular flexibility index (Phi) is 6.82. The number of carbonyl (C=O) groups is 3. The van der Waals surface area contributed by atoms with E-state index in [0.717, 1.165) is 0 Å². The first-order valence-corrected chi connectivity index (χ1v) is 8.74. The fraction of sp³-hybridized carbons (Fsp3) is 0.278. The van der Waals surface area contributed by atoms with Crippen molar-refractivity contribution in [3.05, 3.63) is 58.0 Å². The number of carbonyl (C=O) groups excluding carboxylic acids is 3. The number of hydrogen-bond acceptors (Lipinski definition) is 5. The number of halogens is 1. The summed E-state index contributed by atoms with van der Waals surface area (Å²) in [6.07, 6.45) is 0.137. The van der Waals surface area contributed by atoms with Gasteiger partial charge in [-0.25, -0.2) is 4.39 Å². The zero-order chi connectivity index (χ0) is 18.2. The van der Waals surface area contributed by atoms with Crippen LogP contribution in [0, 0.1) is 5.82 Å². The Hall–Kier alpha value is -2.54. The molecule has 0 spiro atoms. The Balaban J connectivity index is 2.10. The van der Waals surface area contributed by atoms with Crippen LogP contribution in [0.3, 0.4) is 0 Å². The topological polar surface area (TPSA) is 72.5 Å². The number of ketones is 1. The molecule has 2 rings (SSSR count). The van der Waals surface area contributed by atoms with Crippen LogP contribution in [0.5, 0.6) is 0 Å². The lowest BCUT2D eigenvalue weighted by atomic mass is 10.0. The minimum Gasteiger partial charge on any atom is -0.466 e. The molecule has 5 nitrogen and oxygen atoms in total. The molecule has 0 aliphatic rings. The molecular weight excluding hydrogens is 345 g/mol. The van der Waals surface area contributed by atoms with Crippen molar-refractivity contribution < 1.29 is 23.5 Å². The minimum absolute atomic E-state index is 0.0120. The molecule has 2 aromatic rings. The molecule has 7 heteroatoms. The molecule has 0 saturated carbocycles. The summed E-state index contributed by atoms with van der Waals surface area (Å²) in [6.45, 7) is 1.95. The van der Waals surface area contributed by atoms with Crippen molar-refractivity contribution in [2.45, 2.75) is 25.8 Å². The third-order valence-electron chi connectivity index (χ3n) is 3.48. The highest BCUT2D eigenvalue weighted by Gasteiger charge is 2.24. The minimum atomic E-state index is -0.864. The molecule has 1 aromatic carbocycles. The summed E-state index contributed by atoms with van der Waals surface area (Å²) in [5, 5.41) is 6.07. The fourth-order valence-electron chi connectivity index (χ4n) is 2.21. The predicted octanol–water partition coefficient (Wildman–Crippen LogP) is 3.21. The molecule has 132 valence electrons. The van der Waals surface area contributed by atoms with Crippen LogP contribution in [0.15, 0.2) is 41.1 Å². The molecule has 1 unspecified atom stereocenters. The molecule has 0 saturated heterocycles. The van der Waals surface area contributed by atoms with Gasteiger partial charge in [-0.15, -0.1) is 0 Å². The van der Waals surface area contributed by atoms with Crippen LogP contribution in [0.2, 0.25) is 0 Å². The van der Waals surface area contributed by atoms with E-state index in [9.17, 15) is 18.8 Å². The number of thiophene rings is 1. The summed E-state index contributed by atoms with van der Waals surface area (Å²) >= 11 is 1.37. The van der Waals surface area contributed by atoms with Gasteiger partial charge in [-0.05, 0) is 49.1 Å². The first-order valence-electron chi connectivity index (χ1n) is 7.79. The van der Waals surface area contributed by atoms with E-state index in [1.165, 1.54) is 35.6 Å². The fourth-order valence-corrected chi connectivity index (χ4v) is 2.86. The lowest BCUT2D eigenvalue weighted by Crippen LogP contribution is -2.41. The maximum absolute atomic E-state index is 13.0. The number of benzene rings is 1. The average Bonchev–Trinajstić information content (AvgIpc) is 3.13. The van der Waals surface area contributed by atoms with Crippen molar-refractivity contribution >= 4 is 29.0 Å². The van der Waals surface area contributed by atoms with Crippen molar-refractivity contribution in [2.75, 3.05) is 6.61 Å². The highest BCUT2D eigenvalue weighted by Crippen LogP contribution is 2.13. The van der Waals surface area contributed by atoms with Gasteiger partial charge in [0.1, 0.15) is 5.82 Å². The zero-order valence-corrected chi connectivity index (χ0v) is 14.5. The molecule has 0 aliphatic heterocycles. The molecule has 1 heterocycles. The predicted molar refractivity (Wildman–Crippen MR) is 92.2 cm³/mol. The number of hydrogen-bond donors (Lipinski definition) is 1. The summed E-state index contributed by atoms with van der Waals surface area (Å²) in [5.74, 6) is -1.66. The number of amides is 1. The van der Waals surface area contributed by atoms with Crippen molar-refractivity contribution in [3.8, 4) is 0 Å². The van der Waals surface area contributed by atoms with Crippen molar-refractivity contribution in [2.24, 2.45) is 0 Å². The van der Waals surface area contributed by atoms with Crippen LogP contribution in [-0.2, 0) is 9.53 Å². The van der Waals surface area contributed by atoms with Crippen LogP contribution in [0.25, 0.3) is 0 Å². The average molecular weight is 363 g/mol. The second-order valence-electron chi connectivity index (χ2n) is 5.25. The van der Waals surface area contributed by atoms with Crippen LogP contribution in [-0.4, -0.2) is 30.3 Å². The van der Waals surface area contributed by atoms with Crippen LogP contribution >= 0.6 is 11.3 Å². The van der Waals surface area contributed by atoms with E-state index >= 15 is 0 Å². The summed E-state index contributed by atoms with van der Waals surface area (Å²) in [7, 11) is 0. The summed E-state index contributed by atoms with van der Waals surface area (Å²) < 4.78 is 17.8. The van der Waals surface area contributed by atoms with Gasteiger partial charge in [0.15, 0.2) is 5.78 Å². The number of ether oxygens (including phenoxy) is 1. The summed E-state index contributed by atoms with van der Waals surface area (Å²) in [5.41, 5.74) is 0.707. The molecule has 1 N–H and O–H groups in total. The molecule has 1 amide bonds. The Morgan fingerprint density at radius 3 is 2.48 bits per heavy atom. The molecule has 25 heavy (non-hydrogen) atoms. The van der Waals surface area contributed by atoms with E-state index in [2.05, 4.69) is 5.32 Å². The largest absolute Gasteiger partial charge is 0.466 e. The number of esters is 1. The van der Waals surface area contributed by atoms with Gasteiger partial charge in [0.05, 0.1) is 12.6 Å². The number of rotatable bonds is 8. The van der Waals surface area contributed by atoms with E-state index in [1.54, 1.807) is 23.8 Å². The van der Waals surface area contributed by atoms with E-state index in [4.69, 9.17) is 4.74 Å². The van der Waals surface area contributed by atoms with Crippen molar-refractivity contribution in [1.82, 2.24) is 5.32 Å². The highest BCUT2D eigenvalue weighted by atomic mass is 32.1. The Morgan fingerprint density at radius 2 is 1.88 bits per heavy atom. The molecule has 1 atom stereocenters. The van der Waals surface area contributed by atoms with E-state index in [-0.39, 0.29) is 30.8 Å². The van der Waals surface area contributed by atoms with Gasteiger partial charge < -0.3 is 10.1 Å². The van der Waals surface area contributed by atoms with Crippen molar-refractivity contribution in [1.29, 1.82) is 0 Å². The van der Waals surface area contributed by atoms with Gasteiger partial charge >= 0.3 is 5.97 Å². The molecule has 0 fully saturated rings. The maximum Gasteiger partial charge on any atom is 0.305 e. The standard InChI is InChI=1S/C18H18FNO4S/c1-2-24-16(21)8-7-15(17(22)13-9-10-25-11-13)20-18(23)12-3-5-14(19)6-4-12/h3-6,9-11,15H,2,7-8H2,1H3,(H,20,23). The summed E-state index contributed by atoms with van der Waals surface area (Å²) in [4.78, 5) is 36.5. The molecular formula is C18H18FNO4S. The third kappa shape index (κ3) is 5.49. The Bertz CT molecular complexity index is 728. The SMILES string of the molecule is CCOC(=O)CCC(NC(=O)c1ccc(F)cc1)C(=O)c1ccsc1.